The molecule has 1 rings (SSSR count). The van der Waals surface area contributed by atoms with Gasteiger partial charge in [0, 0.05) is 32.6 Å². The van der Waals surface area contributed by atoms with Crippen LogP contribution in [0.15, 0.2) is 0 Å². The molecule has 0 unspecified atom stereocenters. The summed E-state index contributed by atoms with van der Waals surface area (Å²) in [5.41, 5.74) is 0.936. The van der Waals surface area contributed by atoms with Crippen LogP contribution in [0.2, 0.25) is 0 Å². The number of aromatic nitrogens is 2. The number of carbonyl (C=O) groups excluding carboxylic acids is 1. The molecule has 0 aliphatic rings. The number of anilines is 2. The monoisotopic (exact) mass is 265 g/mol. The minimum atomic E-state index is 0.0149. The van der Waals surface area contributed by atoms with Crippen molar-refractivity contribution in [2.75, 3.05) is 37.8 Å². The lowest BCUT2D eigenvalue weighted by Gasteiger charge is -2.15. The fourth-order valence-electron chi connectivity index (χ4n) is 1.55. The topological polar surface area (TPSA) is 70.1 Å². The van der Waals surface area contributed by atoms with E-state index in [1.807, 2.05) is 20.8 Å². The van der Waals surface area contributed by atoms with E-state index in [0.29, 0.717) is 0 Å². The van der Waals surface area contributed by atoms with E-state index in [1.54, 1.807) is 19.0 Å². The van der Waals surface area contributed by atoms with Crippen LogP contribution in [0.3, 0.4) is 0 Å². The zero-order valence-electron chi connectivity index (χ0n) is 12.4. The van der Waals surface area contributed by atoms with Gasteiger partial charge < -0.3 is 15.5 Å². The molecule has 0 spiro atoms. The van der Waals surface area contributed by atoms with Crippen molar-refractivity contribution in [1.29, 1.82) is 0 Å². The maximum Gasteiger partial charge on any atom is 0.241 e. The lowest BCUT2D eigenvalue weighted by atomic mass is 10.3. The highest BCUT2D eigenvalue weighted by Crippen LogP contribution is 2.19. The van der Waals surface area contributed by atoms with Crippen LogP contribution in [0.5, 0.6) is 0 Å². The maximum absolute atomic E-state index is 11.6. The third-order valence-corrected chi connectivity index (χ3v) is 2.76. The summed E-state index contributed by atoms with van der Waals surface area (Å²) in [4.78, 5) is 22.0. The lowest BCUT2D eigenvalue weighted by molar-refractivity contribution is -0.126. The second-order valence-electron chi connectivity index (χ2n) is 4.49. The second-order valence-corrected chi connectivity index (χ2v) is 4.49. The van der Waals surface area contributed by atoms with Crippen molar-refractivity contribution in [3.8, 4) is 0 Å². The number of nitrogens with zero attached hydrogens (tertiary/aromatic N) is 3. The van der Waals surface area contributed by atoms with Crippen LogP contribution in [0.1, 0.15) is 25.2 Å². The fourth-order valence-corrected chi connectivity index (χ4v) is 1.55. The summed E-state index contributed by atoms with van der Waals surface area (Å²) < 4.78 is 0. The van der Waals surface area contributed by atoms with E-state index in [1.165, 1.54) is 0 Å². The third kappa shape index (κ3) is 4.08. The molecule has 19 heavy (non-hydrogen) atoms. The number of nitrogens with one attached hydrogen (secondary N) is 2. The van der Waals surface area contributed by atoms with E-state index in [-0.39, 0.29) is 12.5 Å². The predicted molar refractivity (Wildman–Crippen MR) is 77.5 cm³/mol. The number of hydrogen-bond donors (Lipinski definition) is 2. The smallest absolute Gasteiger partial charge is 0.241 e. The zero-order valence-corrected chi connectivity index (χ0v) is 12.4. The van der Waals surface area contributed by atoms with Crippen molar-refractivity contribution in [2.45, 2.75) is 27.2 Å². The molecule has 6 heteroatoms. The Labute approximate surface area is 114 Å². The number of rotatable bonds is 6. The molecule has 2 N–H and O–H groups in total. The van der Waals surface area contributed by atoms with Gasteiger partial charge in [-0.2, -0.15) is 0 Å². The van der Waals surface area contributed by atoms with Gasteiger partial charge in [-0.25, -0.2) is 9.97 Å². The standard InChI is InChI=1S/C13H23N5O/c1-6-10-16-12(14-7-2)9(3)13(17-10)15-8-11(19)18(4)5/h6-8H2,1-5H3,(H2,14,15,16,17). The summed E-state index contributed by atoms with van der Waals surface area (Å²) in [7, 11) is 3.47. The Kier molecular flexibility index (Phi) is 5.54. The van der Waals surface area contributed by atoms with Gasteiger partial charge in [-0.1, -0.05) is 6.92 Å². The minimum absolute atomic E-state index is 0.0149. The van der Waals surface area contributed by atoms with Crippen molar-refractivity contribution < 1.29 is 4.79 Å². The fraction of sp³-hybridized carbons (Fsp3) is 0.615. The Hall–Kier alpha value is -1.85. The van der Waals surface area contributed by atoms with Crippen molar-refractivity contribution in [1.82, 2.24) is 14.9 Å². The molecule has 106 valence electrons. The Morgan fingerprint density at radius 3 is 2.21 bits per heavy atom. The molecule has 0 radical (unpaired) electrons. The molecule has 0 aromatic carbocycles. The molecule has 1 aromatic rings. The maximum atomic E-state index is 11.6. The van der Waals surface area contributed by atoms with Crippen LogP contribution < -0.4 is 10.6 Å². The summed E-state index contributed by atoms with van der Waals surface area (Å²) in [6.45, 7) is 7.02. The first-order valence-electron chi connectivity index (χ1n) is 6.55. The number of amides is 1. The first-order chi connectivity index (χ1) is 8.99. The summed E-state index contributed by atoms with van der Waals surface area (Å²) in [5.74, 6) is 2.33. The van der Waals surface area contributed by atoms with E-state index in [4.69, 9.17) is 0 Å². The lowest BCUT2D eigenvalue weighted by Crippen LogP contribution is -2.29. The highest BCUT2D eigenvalue weighted by Gasteiger charge is 2.11. The van der Waals surface area contributed by atoms with E-state index < -0.39 is 0 Å². The Morgan fingerprint density at radius 2 is 1.74 bits per heavy atom. The molecule has 1 amide bonds. The summed E-state index contributed by atoms with van der Waals surface area (Å²) >= 11 is 0. The largest absolute Gasteiger partial charge is 0.370 e. The van der Waals surface area contributed by atoms with Gasteiger partial charge in [-0.3, -0.25) is 4.79 Å². The van der Waals surface area contributed by atoms with Crippen molar-refractivity contribution in [3.05, 3.63) is 11.4 Å². The molecule has 6 nitrogen and oxygen atoms in total. The Morgan fingerprint density at radius 1 is 1.16 bits per heavy atom. The van der Waals surface area contributed by atoms with Gasteiger partial charge in [0.2, 0.25) is 5.91 Å². The number of hydrogen-bond acceptors (Lipinski definition) is 5. The van der Waals surface area contributed by atoms with E-state index in [2.05, 4.69) is 20.6 Å². The average molecular weight is 265 g/mol. The average Bonchev–Trinajstić information content (AvgIpc) is 2.39. The zero-order chi connectivity index (χ0) is 14.4. The first-order valence-corrected chi connectivity index (χ1v) is 6.55. The van der Waals surface area contributed by atoms with E-state index in [0.717, 1.165) is 36.0 Å². The predicted octanol–water partition coefficient (Wildman–Crippen LogP) is 1.28. The summed E-state index contributed by atoms with van der Waals surface area (Å²) in [6, 6.07) is 0. The van der Waals surface area contributed by atoms with Gasteiger partial charge in [0.1, 0.15) is 17.5 Å². The highest BCUT2D eigenvalue weighted by atomic mass is 16.2. The van der Waals surface area contributed by atoms with Crippen LogP contribution >= 0.6 is 0 Å². The van der Waals surface area contributed by atoms with Gasteiger partial charge in [-0.05, 0) is 13.8 Å². The molecule has 1 heterocycles. The van der Waals surface area contributed by atoms with E-state index >= 15 is 0 Å². The number of likely N-dealkylation sites (N-methyl/N-ethyl adjacent to an activating group) is 1. The van der Waals surface area contributed by atoms with Gasteiger partial charge in [0.25, 0.3) is 0 Å². The van der Waals surface area contributed by atoms with Gasteiger partial charge in [0.05, 0.1) is 6.54 Å². The minimum Gasteiger partial charge on any atom is -0.370 e. The molecule has 0 aliphatic carbocycles. The molecular weight excluding hydrogens is 242 g/mol. The molecule has 0 atom stereocenters. The highest BCUT2D eigenvalue weighted by molar-refractivity contribution is 5.80. The molecule has 0 saturated carbocycles. The van der Waals surface area contributed by atoms with Crippen molar-refractivity contribution in [3.63, 3.8) is 0 Å². The van der Waals surface area contributed by atoms with E-state index in [9.17, 15) is 4.79 Å². The molecule has 1 aromatic heterocycles. The van der Waals surface area contributed by atoms with Gasteiger partial charge in [-0.15, -0.1) is 0 Å². The van der Waals surface area contributed by atoms with Crippen LogP contribution in [-0.4, -0.2) is 48.0 Å². The van der Waals surface area contributed by atoms with Crippen LogP contribution in [0, 0.1) is 6.92 Å². The van der Waals surface area contributed by atoms with Crippen molar-refractivity contribution in [2.24, 2.45) is 0 Å². The van der Waals surface area contributed by atoms with Gasteiger partial charge in [0.15, 0.2) is 0 Å². The molecule has 0 aliphatic heterocycles. The third-order valence-electron chi connectivity index (χ3n) is 2.76. The number of carbonyl (C=O) groups is 1. The van der Waals surface area contributed by atoms with Crippen LogP contribution in [0.4, 0.5) is 11.6 Å². The number of aryl methyl sites for hydroxylation is 1. The Bertz CT molecular complexity index is 445. The van der Waals surface area contributed by atoms with Crippen LogP contribution in [0.25, 0.3) is 0 Å². The second kappa shape index (κ2) is 6.92. The quantitative estimate of drug-likeness (QED) is 0.811. The van der Waals surface area contributed by atoms with Crippen molar-refractivity contribution >= 4 is 17.5 Å². The molecule has 0 fully saturated rings. The first kappa shape index (κ1) is 15.2. The molecule has 0 saturated heterocycles. The Balaban J connectivity index is 2.92. The summed E-state index contributed by atoms with van der Waals surface area (Å²) in [5, 5.41) is 6.30. The SMILES string of the molecule is CCNc1nc(CC)nc(NCC(=O)N(C)C)c1C. The molecular formula is C13H23N5O. The van der Waals surface area contributed by atoms with Crippen LogP contribution in [-0.2, 0) is 11.2 Å². The van der Waals surface area contributed by atoms with Gasteiger partial charge >= 0.3 is 0 Å². The summed E-state index contributed by atoms with van der Waals surface area (Å²) in [6.07, 6.45) is 0.759. The normalized spacial score (nSPS) is 10.2. The molecule has 0 bridgehead atoms.